The number of aromatic hydroxyl groups is 1. The number of cyclic esters (lactones) is 1. The molecule has 2 aliphatic heterocycles. The molecule has 1 saturated carbocycles. The summed E-state index contributed by atoms with van der Waals surface area (Å²) in [7, 11) is 0. The number of carbonyl (C=O) groups is 5. The van der Waals surface area contributed by atoms with E-state index in [-0.39, 0.29) is 71.5 Å². The fraction of sp³-hybridized carbons (Fsp3) is 0.391. The van der Waals surface area contributed by atoms with Gasteiger partial charge in [-0.2, -0.15) is 18.3 Å². The van der Waals surface area contributed by atoms with Crippen LogP contribution in [0.4, 0.5) is 23.7 Å². The molecule has 0 saturated heterocycles. The Hall–Kier alpha value is -7.25. The van der Waals surface area contributed by atoms with E-state index in [1.165, 1.54) is 28.8 Å². The van der Waals surface area contributed by atoms with Gasteiger partial charge in [-0.25, -0.2) is 19.3 Å². The summed E-state index contributed by atoms with van der Waals surface area (Å²) in [5, 5.41) is 20.3. The van der Waals surface area contributed by atoms with Crippen molar-refractivity contribution in [2.45, 2.75) is 103 Å². The zero-order valence-electron chi connectivity index (χ0n) is 36.0. The molecule has 5 aromatic rings. The second-order valence-electron chi connectivity index (χ2n) is 17.8. The number of aromatic nitrogens is 4. The molecule has 2 aliphatic carbocycles. The number of primary amides is 1. The number of rotatable bonds is 9. The van der Waals surface area contributed by atoms with Crippen LogP contribution in [-0.4, -0.2) is 72.9 Å². The van der Waals surface area contributed by atoms with E-state index in [1.54, 1.807) is 32.0 Å². The molecule has 0 spiro atoms. The predicted octanol–water partition coefficient (Wildman–Crippen LogP) is 5.94. The van der Waals surface area contributed by atoms with E-state index in [0.29, 0.717) is 49.0 Å². The predicted molar refractivity (Wildman–Crippen MR) is 228 cm³/mol. The molecule has 0 bridgehead atoms. The lowest BCUT2D eigenvalue weighted by molar-refractivity contribution is -0.157. The van der Waals surface area contributed by atoms with Crippen molar-refractivity contribution in [3.05, 3.63) is 97.6 Å². The third-order valence-electron chi connectivity index (χ3n) is 12.7. The second-order valence-corrected chi connectivity index (χ2v) is 17.8. The molecule has 1 atom stereocenters. The molecule has 0 radical (unpaired) electrons. The van der Waals surface area contributed by atoms with Gasteiger partial charge in [0.2, 0.25) is 6.10 Å². The van der Waals surface area contributed by atoms with E-state index < -0.39 is 76.9 Å². The molecule has 20 heteroatoms. The molecule has 3 aromatic heterocycles. The first-order chi connectivity index (χ1) is 31.3. The number of nitrogens with one attached hydrogen (secondary N) is 2. The number of halogens is 3. The number of aryl methyl sites for hydroxylation is 1. The van der Waals surface area contributed by atoms with Crippen molar-refractivity contribution in [1.82, 2.24) is 24.6 Å². The number of esters is 2. The monoisotopic (exact) mass is 911 g/mol. The maximum Gasteiger partial charge on any atom is 0.435 e. The second kappa shape index (κ2) is 16.3. The van der Waals surface area contributed by atoms with Crippen LogP contribution in [0.15, 0.2) is 47.3 Å². The molecule has 9 rings (SSSR count). The highest BCUT2D eigenvalue weighted by Crippen LogP contribution is 2.43. The Morgan fingerprint density at radius 3 is 2.47 bits per heavy atom. The quantitative estimate of drug-likeness (QED) is 0.0972. The molecule has 2 amide bonds. The highest BCUT2D eigenvalue weighted by molar-refractivity contribution is 6.01. The SMILES string of the molecule is CCc1c2c(nc3ccc(O)cc13)-c1cc3c(c(=O)n1C2)COC(=O)[C@H]3OC(=O)NCC(=O)O[C@H]1CC[C@H](Nc2cc(-n3nc(C(F)(F)F)c4c3CC(C)(C)CC4=O)ccc2C(N)=O)CC1. The van der Waals surface area contributed by atoms with Gasteiger partial charge in [0, 0.05) is 34.7 Å². The van der Waals surface area contributed by atoms with E-state index in [0.717, 1.165) is 21.2 Å². The van der Waals surface area contributed by atoms with Gasteiger partial charge in [-0.1, -0.05) is 20.8 Å². The topological polar surface area (TPSA) is 236 Å². The van der Waals surface area contributed by atoms with Gasteiger partial charge in [-0.15, -0.1) is 0 Å². The van der Waals surface area contributed by atoms with Crippen molar-refractivity contribution in [2.24, 2.45) is 11.1 Å². The number of amides is 2. The minimum Gasteiger partial charge on any atom is -0.508 e. The normalized spacial score (nSPS) is 19.5. The van der Waals surface area contributed by atoms with E-state index in [2.05, 4.69) is 15.7 Å². The summed E-state index contributed by atoms with van der Waals surface area (Å²) in [6.45, 7) is 4.81. The van der Waals surface area contributed by atoms with E-state index >= 15 is 0 Å². The minimum absolute atomic E-state index is 0.0643. The third kappa shape index (κ3) is 7.97. The number of pyridine rings is 2. The van der Waals surface area contributed by atoms with Crippen LogP contribution in [0, 0.1) is 5.41 Å². The molecular formula is C46H44F3N7O10. The molecular weight excluding hydrogens is 868 g/mol. The van der Waals surface area contributed by atoms with Gasteiger partial charge in [0.05, 0.1) is 51.5 Å². The minimum atomic E-state index is -4.87. The van der Waals surface area contributed by atoms with Gasteiger partial charge < -0.3 is 40.3 Å². The highest BCUT2D eigenvalue weighted by Gasteiger charge is 2.46. The van der Waals surface area contributed by atoms with Crippen molar-refractivity contribution in [1.29, 1.82) is 0 Å². The number of carbonyl (C=O) groups excluding carboxylic acids is 5. The van der Waals surface area contributed by atoms with Crippen molar-refractivity contribution in [3.8, 4) is 22.8 Å². The van der Waals surface area contributed by atoms with Crippen molar-refractivity contribution in [2.75, 3.05) is 11.9 Å². The van der Waals surface area contributed by atoms with Gasteiger partial charge in [-0.3, -0.25) is 19.2 Å². The first-order valence-electron chi connectivity index (χ1n) is 21.4. The van der Waals surface area contributed by atoms with E-state index in [1.807, 2.05) is 6.92 Å². The summed E-state index contributed by atoms with van der Waals surface area (Å²) in [5.41, 5.74) is 7.10. The highest BCUT2D eigenvalue weighted by atomic mass is 19.4. The maximum absolute atomic E-state index is 14.1. The van der Waals surface area contributed by atoms with Crippen molar-refractivity contribution < 1.29 is 56.5 Å². The molecule has 4 aliphatic rings. The summed E-state index contributed by atoms with van der Waals surface area (Å²) in [4.78, 5) is 82.9. The number of phenols is 1. The number of hydrogen-bond acceptors (Lipinski definition) is 13. The third-order valence-corrected chi connectivity index (χ3v) is 12.7. The lowest BCUT2D eigenvalue weighted by atomic mass is 9.75. The number of phenolic OH excluding ortho intramolecular Hbond substituents is 1. The average molecular weight is 912 g/mol. The van der Waals surface area contributed by atoms with Crippen LogP contribution in [0.1, 0.15) is 113 Å². The van der Waals surface area contributed by atoms with Crippen LogP contribution in [0.25, 0.3) is 28.0 Å². The molecule has 5 N–H and O–H groups in total. The molecule has 5 heterocycles. The lowest BCUT2D eigenvalue weighted by Crippen LogP contribution is -2.38. The molecule has 1 fully saturated rings. The van der Waals surface area contributed by atoms with Crippen LogP contribution in [0.3, 0.4) is 0 Å². The number of benzene rings is 2. The van der Waals surface area contributed by atoms with Crippen LogP contribution >= 0.6 is 0 Å². The molecule has 66 heavy (non-hydrogen) atoms. The molecule has 2 aromatic carbocycles. The van der Waals surface area contributed by atoms with Gasteiger partial charge in [0.1, 0.15) is 25.0 Å². The molecule has 0 unspecified atom stereocenters. The van der Waals surface area contributed by atoms with Gasteiger partial charge in [0.25, 0.3) is 11.5 Å². The summed E-state index contributed by atoms with van der Waals surface area (Å²) in [5.74, 6) is -3.03. The summed E-state index contributed by atoms with van der Waals surface area (Å²) in [6.07, 6.45) is -5.85. The zero-order chi connectivity index (χ0) is 47.0. The van der Waals surface area contributed by atoms with E-state index in [4.69, 9.17) is 24.9 Å². The Kier molecular flexibility index (Phi) is 10.9. The first-order valence-corrected chi connectivity index (χ1v) is 21.4. The Balaban J connectivity index is 0.831. The van der Waals surface area contributed by atoms with Crippen molar-refractivity contribution >= 4 is 46.3 Å². The number of alkyl carbamates (subject to hydrolysis) is 1. The first kappa shape index (κ1) is 44.0. The number of alkyl halides is 3. The number of fused-ring (bicyclic) bond motifs is 6. The number of Topliss-reactive ketones (excluding diaryl/α,β-unsaturated/α-hetero) is 1. The van der Waals surface area contributed by atoms with Crippen LogP contribution in [0.2, 0.25) is 0 Å². The van der Waals surface area contributed by atoms with Crippen LogP contribution < -0.4 is 21.9 Å². The Labute approximate surface area is 373 Å². The van der Waals surface area contributed by atoms with Crippen LogP contribution in [0.5, 0.6) is 5.75 Å². The smallest absolute Gasteiger partial charge is 0.435 e. The number of ether oxygens (including phenoxy) is 3. The largest absolute Gasteiger partial charge is 0.508 e. The Morgan fingerprint density at radius 2 is 1.76 bits per heavy atom. The fourth-order valence-electron chi connectivity index (χ4n) is 9.62. The summed E-state index contributed by atoms with van der Waals surface area (Å²) < 4.78 is 61.3. The number of nitrogens with zero attached hydrogens (tertiary/aromatic N) is 4. The van der Waals surface area contributed by atoms with Gasteiger partial charge >= 0.3 is 24.2 Å². The summed E-state index contributed by atoms with van der Waals surface area (Å²) in [6, 6.07) is 10.4. The van der Waals surface area contributed by atoms with Gasteiger partial charge in [0.15, 0.2) is 11.5 Å². The zero-order valence-corrected chi connectivity index (χ0v) is 36.0. The summed E-state index contributed by atoms with van der Waals surface area (Å²) >= 11 is 0. The lowest BCUT2D eigenvalue weighted by Gasteiger charge is -2.30. The van der Waals surface area contributed by atoms with E-state index in [9.17, 15) is 47.0 Å². The Bertz CT molecular complexity index is 2970. The van der Waals surface area contributed by atoms with Crippen molar-refractivity contribution in [3.63, 3.8) is 0 Å². The fourth-order valence-corrected chi connectivity index (χ4v) is 9.62. The number of anilines is 1. The standard InChI is InChI=1S/C46H44F3N7O10/c1-4-25-27-14-23(57)8-12-31(27)53-38-29(25)19-55-33(38)15-28-30(42(55)61)20-64-43(62)39(28)66-44(63)51-18-36(59)65-24-9-5-21(6-10-24)52-32-13-22(7-11-26(32)41(50)60)56-34-16-45(2,3)17-35(58)37(34)40(54-56)46(47,48)49/h7-8,11-15,21,24,39,52,57H,4-6,9-10,16-20H2,1-3H3,(H2,50,60)(H,51,63)/t21-,24-,39-/m0/s1. The molecule has 17 nitrogen and oxygen atoms in total. The molecule has 344 valence electrons. The number of nitrogens with two attached hydrogens (primary N) is 1. The van der Waals surface area contributed by atoms with Gasteiger partial charge in [-0.05, 0) is 92.0 Å². The number of hydrogen-bond donors (Lipinski definition) is 4. The van der Waals surface area contributed by atoms with Crippen LogP contribution in [-0.2, 0) is 56.0 Å². The Morgan fingerprint density at radius 1 is 1.00 bits per heavy atom. The maximum atomic E-state index is 14.1. The average Bonchev–Trinajstić information content (AvgIpc) is 3.83. The number of ketones is 1.